The highest BCUT2D eigenvalue weighted by Crippen LogP contribution is 2.26. The van der Waals surface area contributed by atoms with Crippen LogP contribution in [0.25, 0.3) is 0 Å². The number of hydrogen-bond donors (Lipinski definition) is 1. The monoisotopic (exact) mass is 236 g/mol. The van der Waals surface area contributed by atoms with E-state index in [-0.39, 0.29) is 12.2 Å². The van der Waals surface area contributed by atoms with E-state index in [0.29, 0.717) is 0 Å². The van der Waals surface area contributed by atoms with Gasteiger partial charge in [0, 0.05) is 24.8 Å². The van der Waals surface area contributed by atoms with Gasteiger partial charge in [0.15, 0.2) is 0 Å². The summed E-state index contributed by atoms with van der Waals surface area (Å²) in [5.74, 6) is 0.879. The number of aliphatic hydroxyl groups excluding tert-OH is 1. The van der Waals surface area contributed by atoms with E-state index in [0.717, 1.165) is 24.5 Å². The summed E-state index contributed by atoms with van der Waals surface area (Å²) in [6.07, 6.45) is 1.67. The molecular weight excluding hydrogens is 216 g/mol. The van der Waals surface area contributed by atoms with Crippen molar-refractivity contribution in [1.29, 1.82) is 0 Å². The first-order chi connectivity index (χ1) is 8.08. The second-order valence-corrected chi connectivity index (χ2v) is 4.75. The molecule has 0 radical (unpaired) electrons. The van der Waals surface area contributed by atoms with Gasteiger partial charge in [-0.2, -0.15) is 0 Å². The van der Waals surface area contributed by atoms with Gasteiger partial charge in [-0.1, -0.05) is 6.07 Å². The molecule has 1 saturated heterocycles. The molecule has 0 saturated carbocycles. The number of aliphatic hydroxyl groups is 1. The molecule has 0 bridgehead atoms. The van der Waals surface area contributed by atoms with Crippen molar-refractivity contribution in [3.63, 3.8) is 0 Å². The van der Waals surface area contributed by atoms with Gasteiger partial charge in [-0.15, -0.1) is 0 Å². The third-order valence-electron chi connectivity index (χ3n) is 2.99. The molecule has 2 rings (SSSR count). The lowest BCUT2D eigenvalue weighted by Gasteiger charge is -2.37. The zero-order valence-electron chi connectivity index (χ0n) is 10.6. The molecule has 4 nitrogen and oxygen atoms in total. The number of hydrogen-bond acceptors (Lipinski definition) is 4. The van der Waals surface area contributed by atoms with Crippen molar-refractivity contribution >= 4 is 5.82 Å². The van der Waals surface area contributed by atoms with Crippen molar-refractivity contribution in [1.82, 2.24) is 4.98 Å². The van der Waals surface area contributed by atoms with Crippen LogP contribution < -0.4 is 4.90 Å². The van der Waals surface area contributed by atoms with Gasteiger partial charge in [-0.25, -0.2) is 4.98 Å². The van der Waals surface area contributed by atoms with Gasteiger partial charge < -0.3 is 14.7 Å². The molecule has 4 heteroatoms. The third kappa shape index (κ3) is 2.76. The largest absolute Gasteiger partial charge is 0.389 e. The zero-order chi connectivity index (χ0) is 12.4. The summed E-state index contributed by atoms with van der Waals surface area (Å²) in [5.41, 5.74) is 0.883. The molecule has 2 heterocycles. The van der Waals surface area contributed by atoms with Crippen LogP contribution in [0.15, 0.2) is 18.3 Å². The van der Waals surface area contributed by atoms with Crippen molar-refractivity contribution in [2.24, 2.45) is 0 Å². The first kappa shape index (κ1) is 12.3. The van der Waals surface area contributed by atoms with Gasteiger partial charge >= 0.3 is 0 Å². The Morgan fingerprint density at radius 1 is 1.41 bits per heavy atom. The maximum Gasteiger partial charge on any atom is 0.134 e. The summed E-state index contributed by atoms with van der Waals surface area (Å²) in [4.78, 5) is 6.60. The molecule has 1 fully saturated rings. The summed E-state index contributed by atoms with van der Waals surface area (Å²) in [6.45, 7) is 7.54. The SMILES string of the molecule is CC1CN(c2ncccc2[C@H](C)O)CC(C)O1. The molecule has 1 aromatic rings. The van der Waals surface area contributed by atoms with Crippen LogP contribution in [0.3, 0.4) is 0 Å². The van der Waals surface area contributed by atoms with E-state index in [1.807, 2.05) is 12.1 Å². The molecule has 17 heavy (non-hydrogen) atoms. The molecule has 2 unspecified atom stereocenters. The Balaban J connectivity index is 2.27. The first-order valence-corrected chi connectivity index (χ1v) is 6.11. The molecule has 1 aliphatic heterocycles. The summed E-state index contributed by atoms with van der Waals surface area (Å²) >= 11 is 0. The van der Waals surface area contributed by atoms with Gasteiger partial charge in [0.25, 0.3) is 0 Å². The Hall–Kier alpha value is -1.13. The highest BCUT2D eigenvalue weighted by atomic mass is 16.5. The Kier molecular flexibility index (Phi) is 3.64. The zero-order valence-corrected chi connectivity index (χ0v) is 10.6. The molecule has 1 aromatic heterocycles. The van der Waals surface area contributed by atoms with E-state index < -0.39 is 6.10 Å². The van der Waals surface area contributed by atoms with E-state index in [9.17, 15) is 5.11 Å². The predicted octanol–water partition coefficient (Wildman–Crippen LogP) is 1.75. The lowest BCUT2D eigenvalue weighted by atomic mass is 10.1. The van der Waals surface area contributed by atoms with E-state index in [4.69, 9.17) is 4.74 Å². The molecule has 94 valence electrons. The normalized spacial score (nSPS) is 26.9. The molecule has 0 spiro atoms. The number of ether oxygens (including phenoxy) is 1. The predicted molar refractivity (Wildman–Crippen MR) is 67.1 cm³/mol. The van der Waals surface area contributed by atoms with Gasteiger partial charge in [0.1, 0.15) is 5.82 Å². The third-order valence-corrected chi connectivity index (χ3v) is 2.99. The summed E-state index contributed by atoms with van der Waals surface area (Å²) < 4.78 is 5.71. The smallest absolute Gasteiger partial charge is 0.134 e. The second kappa shape index (κ2) is 5.02. The van der Waals surface area contributed by atoms with Crippen molar-refractivity contribution in [3.05, 3.63) is 23.9 Å². The number of rotatable bonds is 2. The number of pyridine rings is 1. The minimum absolute atomic E-state index is 0.197. The van der Waals surface area contributed by atoms with Crippen LogP contribution in [0.4, 0.5) is 5.82 Å². The Labute approximate surface area is 102 Å². The van der Waals surface area contributed by atoms with Crippen LogP contribution in [-0.2, 0) is 4.74 Å². The quantitative estimate of drug-likeness (QED) is 0.849. The van der Waals surface area contributed by atoms with Gasteiger partial charge in [-0.3, -0.25) is 0 Å². The molecule has 0 aliphatic carbocycles. The first-order valence-electron chi connectivity index (χ1n) is 6.11. The minimum Gasteiger partial charge on any atom is -0.389 e. The Morgan fingerprint density at radius 2 is 2.06 bits per heavy atom. The van der Waals surface area contributed by atoms with E-state index in [1.165, 1.54) is 0 Å². The fourth-order valence-corrected chi connectivity index (χ4v) is 2.35. The van der Waals surface area contributed by atoms with E-state index >= 15 is 0 Å². The molecule has 1 aliphatic rings. The maximum atomic E-state index is 9.77. The maximum absolute atomic E-state index is 9.77. The van der Waals surface area contributed by atoms with E-state index in [1.54, 1.807) is 13.1 Å². The molecule has 0 aromatic carbocycles. The van der Waals surface area contributed by atoms with Crippen LogP contribution in [0.5, 0.6) is 0 Å². The van der Waals surface area contributed by atoms with Crippen molar-refractivity contribution in [2.75, 3.05) is 18.0 Å². The van der Waals surface area contributed by atoms with Crippen molar-refractivity contribution in [3.8, 4) is 0 Å². The van der Waals surface area contributed by atoms with Crippen LogP contribution in [0, 0.1) is 0 Å². The molecular formula is C13H20N2O2. The highest BCUT2D eigenvalue weighted by molar-refractivity contribution is 5.48. The van der Waals surface area contributed by atoms with Crippen LogP contribution in [-0.4, -0.2) is 35.4 Å². The van der Waals surface area contributed by atoms with Gasteiger partial charge in [-0.05, 0) is 26.8 Å². The summed E-state index contributed by atoms with van der Waals surface area (Å²) in [5, 5.41) is 9.77. The lowest BCUT2D eigenvalue weighted by Crippen LogP contribution is -2.46. The van der Waals surface area contributed by atoms with Crippen LogP contribution in [0.2, 0.25) is 0 Å². The minimum atomic E-state index is -0.493. The van der Waals surface area contributed by atoms with Crippen LogP contribution >= 0.6 is 0 Å². The van der Waals surface area contributed by atoms with Gasteiger partial charge in [0.2, 0.25) is 0 Å². The summed E-state index contributed by atoms with van der Waals surface area (Å²) in [6, 6.07) is 3.79. The molecule has 0 amide bonds. The van der Waals surface area contributed by atoms with Crippen LogP contribution in [0.1, 0.15) is 32.4 Å². The Morgan fingerprint density at radius 3 is 2.65 bits per heavy atom. The number of morpholine rings is 1. The van der Waals surface area contributed by atoms with Gasteiger partial charge in [0.05, 0.1) is 18.3 Å². The number of aromatic nitrogens is 1. The fraction of sp³-hybridized carbons (Fsp3) is 0.615. The number of anilines is 1. The average Bonchev–Trinajstić information content (AvgIpc) is 2.27. The highest BCUT2D eigenvalue weighted by Gasteiger charge is 2.25. The average molecular weight is 236 g/mol. The summed E-state index contributed by atoms with van der Waals surface area (Å²) in [7, 11) is 0. The lowest BCUT2D eigenvalue weighted by molar-refractivity contribution is -0.00563. The molecule has 1 N–H and O–H groups in total. The number of nitrogens with zero attached hydrogens (tertiary/aromatic N) is 2. The standard InChI is InChI=1S/C13H20N2O2/c1-9-7-15(8-10(2)17-9)13-12(11(3)16)5-4-6-14-13/h4-6,9-11,16H,7-8H2,1-3H3/t9?,10?,11-/m0/s1. The fourth-order valence-electron chi connectivity index (χ4n) is 2.35. The van der Waals surface area contributed by atoms with E-state index in [2.05, 4.69) is 23.7 Å². The Bertz CT molecular complexity index is 371. The molecule has 3 atom stereocenters. The van der Waals surface area contributed by atoms with Crippen molar-refractivity contribution < 1.29 is 9.84 Å². The second-order valence-electron chi connectivity index (χ2n) is 4.75. The topological polar surface area (TPSA) is 45.6 Å². The van der Waals surface area contributed by atoms with Crippen molar-refractivity contribution in [2.45, 2.75) is 39.1 Å².